The Labute approximate surface area is 100 Å². The highest BCUT2D eigenvalue weighted by Gasteiger charge is 2.09. The number of aromatic nitrogens is 3. The number of benzene rings is 1. The highest BCUT2D eigenvalue weighted by atomic mass is 19.1. The Hall–Kier alpha value is -2.51. The van der Waals surface area contributed by atoms with Gasteiger partial charge in [-0.15, -0.1) is 5.10 Å². The molecule has 0 unspecified atom stereocenters. The zero-order chi connectivity index (χ0) is 13.1. The first-order valence-corrected chi connectivity index (χ1v) is 4.94. The van der Waals surface area contributed by atoms with Crippen LogP contribution >= 0.6 is 0 Å². The van der Waals surface area contributed by atoms with Gasteiger partial charge in [0, 0.05) is 6.07 Å². The van der Waals surface area contributed by atoms with Gasteiger partial charge < -0.3 is 11.1 Å². The molecule has 0 aliphatic carbocycles. The summed E-state index contributed by atoms with van der Waals surface area (Å²) in [5, 5.41) is 5.91. The van der Waals surface area contributed by atoms with Crippen LogP contribution in [-0.2, 0) is 11.3 Å². The summed E-state index contributed by atoms with van der Waals surface area (Å²) >= 11 is 0. The van der Waals surface area contributed by atoms with Gasteiger partial charge in [-0.05, 0) is 12.1 Å². The first kappa shape index (κ1) is 12.0. The van der Waals surface area contributed by atoms with E-state index in [9.17, 15) is 13.6 Å². The zero-order valence-corrected chi connectivity index (χ0v) is 9.10. The Balaban J connectivity index is 2.05. The van der Waals surface area contributed by atoms with Crippen molar-refractivity contribution in [3.8, 4) is 0 Å². The van der Waals surface area contributed by atoms with Gasteiger partial charge in [-0.25, -0.2) is 18.4 Å². The summed E-state index contributed by atoms with van der Waals surface area (Å²) in [5.41, 5.74) is 5.04. The summed E-state index contributed by atoms with van der Waals surface area (Å²) in [5.74, 6) is -1.90. The molecular weight excluding hydrogens is 244 g/mol. The lowest BCUT2D eigenvalue weighted by Crippen LogP contribution is -2.20. The van der Waals surface area contributed by atoms with E-state index in [4.69, 9.17) is 5.73 Å². The van der Waals surface area contributed by atoms with E-state index in [1.165, 1.54) is 11.0 Å². The molecule has 2 rings (SSSR count). The maximum Gasteiger partial charge on any atom is 0.246 e. The Bertz CT molecular complexity index is 583. The summed E-state index contributed by atoms with van der Waals surface area (Å²) in [4.78, 5) is 15.1. The molecule has 0 saturated carbocycles. The lowest BCUT2D eigenvalue weighted by atomic mass is 10.3. The topological polar surface area (TPSA) is 85.8 Å². The summed E-state index contributed by atoms with van der Waals surface area (Å²) in [6.45, 7) is -0.194. The van der Waals surface area contributed by atoms with E-state index in [1.54, 1.807) is 0 Å². The number of carbonyl (C=O) groups is 1. The van der Waals surface area contributed by atoms with Gasteiger partial charge in [-0.3, -0.25) is 4.79 Å². The molecule has 0 aliphatic rings. The number of amides is 1. The molecule has 0 spiro atoms. The van der Waals surface area contributed by atoms with Crippen molar-refractivity contribution in [2.24, 2.45) is 0 Å². The third kappa shape index (κ3) is 2.78. The molecule has 1 aromatic heterocycles. The van der Waals surface area contributed by atoms with Crippen molar-refractivity contribution in [3.63, 3.8) is 0 Å². The number of rotatable bonds is 3. The number of hydrogen-bond donors (Lipinski definition) is 2. The second kappa shape index (κ2) is 4.78. The van der Waals surface area contributed by atoms with Crippen LogP contribution < -0.4 is 11.1 Å². The minimum absolute atomic E-state index is 0.0275. The highest BCUT2D eigenvalue weighted by molar-refractivity contribution is 5.90. The van der Waals surface area contributed by atoms with Crippen LogP contribution in [0.25, 0.3) is 0 Å². The first-order valence-electron chi connectivity index (χ1n) is 4.94. The number of anilines is 2. The fraction of sp³-hybridized carbons (Fsp3) is 0.100. The van der Waals surface area contributed by atoms with Crippen molar-refractivity contribution < 1.29 is 13.6 Å². The van der Waals surface area contributed by atoms with Crippen LogP contribution in [0.1, 0.15) is 0 Å². The average molecular weight is 253 g/mol. The van der Waals surface area contributed by atoms with Crippen LogP contribution in [0.15, 0.2) is 24.5 Å². The molecule has 0 aliphatic heterocycles. The van der Waals surface area contributed by atoms with Gasteiger partial charge in [0.15, 0.2) is 0 Å². The molecule has 0 fully saturated rings. The number of carbonyl (C=O) groups excluding carboxylic acids is 1. The Morgan fingerprint density at radius 1 is 1.44 bits per heavy atom. The molecule has 1 heterocycles. The van der Waals surface area contributed by atoms with Crippen LogP contribution in [-0.4, -0.2) is 20.7 Å². The molecular formula is C10H9F2N5O. The predicted molar refractivity (Wildman–Crippen MR) is 59.4 cm³/mol. The number of nitrogen functional groups attached to an aromatic ring is 1. The quantitative estimate of drug-likeness (QED) is 0.846. The second-order valence-electron chi connectivity index (χ2n) is 3.47. The van der Waals surface area contributed by atoms with Crippen LogP contribution in [0.2, 0.25) is 0 Å². The SMILES string of the molecule is Nc1ncn(CC(=O)Nc2cc(F)ccc2F)n1. The summed E-state index contributed by atoms with van der Waals surface area (Å²) < 4.78 is 27.3. The van der Waals surface area contributed by atoms with Gasteiger partial charge in [0.2, 0.25) is 11.9 Å². The molecule has 18 heavy (non-hydrogen) atoms. The smallest absolute Gasteiger partial charge is 0.246 e. The van der Waals surface area contributed by atoms with E-state index in [1.807, 2.05) is 0 Å². The van der Waals surface area contributed by atoms with Crippen molar-refractivity contribution in [2.45, 2.75) is 6.54 Å². The molecule has 0 radical (unpaired) electrons. The lowest BCUT2D eigenvalue weighted by Gasteiger charge is -2.06. The minimum Gasteiger partial charge on any atom is -0.367 e. The van der Waals surface area contributed by atoms with Crippen LogP contribution in [0.5, 0.6) is 0 Å². The van der Waals surface area contributed by atoms with E-state index >= 15 is 0 Å². The third-order valence-electron chi connectivity index (χ3n) is 2.06. The van der Waals surface area contributed by atoms with Crippen molar-refractivity contribution >= 4 is 17.5 Å². The van der Waals surface area contributed by atoms with Gasteiger partial charge in [-0.1, -0.05) is 0 Å². The van der Waals surface area contributed by atoms with Gasteiger partial charge in [0.25, 0.3) is 0 Å². The van der Waals surface area contributed by atoms with Crippen LogP contribution in [0.4, 0.5) is 20.4 Å². The average Bonchev–Trinajstić information content (AvgIpc) is 2.69. The molecule has 0 saturated heterocycles. The summed E-state index contributed by atoms with van der Waals surface area (Å²) in [6, 6.07) is 2.78. The molecule has 1 amide bonds. The largest absolute Gasteiger partial charge is 0.367 e. The molecule has 6 nitrogen and oxygen atoms in total. The van der Waals surface area contributed by atoms with E-state index < -0.39 is 17.5 Å². The van der Waals surface area contributed by atoms with Crippen molar-refractivity contribution in [1.29, 1.82) is 0 Å². The Kier molecular flexibility index (Phi) is 3.18. The zero-order valence-electron chi connectivity index (χ0n) is 9.10. The molecule has 3 N–H and O–H groups in total. The van der Waals surface area contributed by atoms with Crippen LogP contribution in [0, 0.1) is 11.6 Å². The van der Waals surface area contributed by atoms with Crippen molar-refractivity contribution in [3.05, 3.63) is 36.2 Å². The maximum atomic E-state index is 13.2. The fourth-order valence-corrected chi connectivity index (χ4v) is 1.32. The van der Waals surface area contributed by atoms with Gasteiger partial charge in [0.1, 0.15) is 24.5 Å². The predicted octanol–water partition coefficient (Wildman–Crippen LogP) is 0.777. The third-order valence-corrected chi connectivity index (χ3v) is 2.06. The molecule has 8 heteroatoms. The van der Waals surface area contributed by atoms with Gasteiger partial charge in [0.05, 0.1) is 5.69 Å². The number of nitrogens with zero attached hydrogens (tertiary/aromatic N) is 3. The molecule has 0 bridgehead atoms. The lowest BCUT2D eigenvalue weighted by molar-refractivity contribution is -0.116. The van der Waals surface area contributed by atoms with E-state index in [2.05, 4.69) is 15.4 Å². The van der Waals surface area contributed by atoms with Gasteiger partial charge in [-0.2, -0.15) is 0 Å². The maximum absolute atomic E-state index is 13.2. The number of hydrogen-bond acceptors (Lipinski definition) is 4. The standard InChI is InChI=1S/C10H9F2N5O/c11-6-1-2-7(12)8(3-6)15-9(18)4-17-5-14-10(13)16-17/h1-3,5H,4H2,(H2,13,16)(H,15,18). The molecule has 2 aromatic rings. The van der Waals surface area contributed by atoms with Crippen molar-refractivity contribution in [2.75, 3.05) is 11.1 Å². The molecule has 94 valence electrons. The summed E-state index contributed by atoms with van der Waals surface area (Å²) in [7, 11) is 0. The van der Waals surface area contributed by atoms with Crippen molar-refractivity contribution in [1.82, 2.24) is 14.8 Å². The van der Waals surface area contributed by atoms with E-state index in [0.717, 1.165) is 18.2 Å². The Morgan fingerprint density at radius 2 is 2.22 bits per heavy atom. The molecule has 0 atom stereocenters. The van der Waals surface area contributed by atoms with Gasteiger partial charge >= 0.3 is 0 Å². The summed E-state index contributed by atoms with van der Waals surface area (Å²) in [6.07, 6.45) is 1.26. The molecule has 1 aromatic carbocycles. The highest BCUT2D eigenvalue weighted by Crippen LogP contribution is 2.15. The second-order valence-corrected chi connectivity index (χ2v) is 3.47. The van der Waals surface area contributed by atoms with E-state index in [-0.39, 0.29) is 18.2 Å². The number of halogens is 2. The van der Waals surface area contributed by atoms with E-state index in [0.29, 0.717) is 0 Å². The first-order chi connectivity index (χ1) is 8.54. The number of nitrogens with two attached hydrogens (primary N) is 1. The normalized spacial score (nSPS) is 10.3. The minimum atomic E-state index is -0.720. The monoisotopic (exact) mass is 253 g/mol. The number of nitrogens with one attached hydrogen (secondary N) is 1. The fourth-order valence-electron chi connectivity index (χ4n) is 1.32. The Morgan fingerprint density at radius 3 is 2.89 bits per heavy atom. The van der Waals surface area contributed by atoms with Crippen LogP contribution in [0.3, 0.4) is 0 Å².